The van der Waals surface area contributed by atoms with Crippen LogP contribution in [0.1, 0.15) is 61.1 Å². The van der Waals surface area contributed by atoms with Crippen LogP contribution < -0.4 is 14.8 Å². The molecule has 15 heteroatoms. The molecule has 2 aliphatic carbocycles. The van der Waals surface area contributed by atoms with Crippen LogP contribution in [0.5, 0.6) is 11.6 Å². The lowest BCUT2D eigenvalue weighted by Crippen LogP contribution is -2.41. The third kappa shape index (κ3) is 6.39. The van der Waals surface area contributed by atoms with Gasteiger partial charge in [-0.25, -0.2) is 14.4 Å². The van der Waals surface area contributed by atoms with E-state index in [-0.39, 0.29) is 76.1 Å². The summed E-state index contributed by atoms with van der Waals surface area (Å²) in [7, 11) is 0. The molecule has 2 aromatic carbocycles. The molecule has 6 heterocycles. The van der Waals surface area contributed by atoms with Gasteiger partial charge < -0.3 is 24.3 Å². The lowest BCUT2D eigenvalue weighted by atomic mass is 9.79. The summed E-state index contributed by atoms with van der Waals surface area (Å²) in [6.45, 7) is 1.35. The van der Waals surface area contributed by atoms with E-state index in [1.165, 1.54) is 12.3 Å². The summed E-state index contributed by atoms with van der Waals surface area (Å²) in [5.74, 6) is -0.591. The highest BCUT2D eigenvalue weighted by Gasteiger charge is 2.51. The van der Waals surface area contributed by atoms with Crippen LogP contribution in [0.15, 0.2) is 48.7 Å². The average molecular weight is 808 g/mol. The molecule has 2 saturated carbocycles. The number of nitrogens with zero attached hydrogens (tertiary/aromatic N) is 5. The van der Waals surface area contributed by atoms with Crippen LogP contribution in [0, 0.1) is 35.9 Å². The Bertz CT molecular complexity index is 2430. The van der Waals surface area contributed by atoms with Gasteiger partial charge in [0.25, 0.3) is 5.88 Å². The summed E-state index contributed by atoms with van der Waals surface area (Å²) in [5, 5.41) is 15.1. The van der Waals surface area contributed by atoms with Crippen molar-refractivity contribution in [2.24, 2.45) is 11.8 Å². The molecule has 5 unspecified atom stereocenters. The minimum absolute atomic E-state index is 0.0000689. The summed E-state index contributed by atoms with van der Waals surface area (Å²) in [6, 6.07) is 14.0. The number of nitriles is 1. The molecule has 56 heavy (non-hydrogen) atoms. The molecule has 5 aliphatic rings. The normalized spacial score (nSPS) is 23.1. The molecule has 2 bridgehead atoms. The van der Waals surface area contributed by atoms with E-state index in [9.17, 15) is 23.2 Å². The highest BCUT2D eigenvalue weighted by molar-refractivity contribution is 6.43. The zero-order valence-corrected chi connectivity index (χ0v) is 31.7. The average Bonchev–Trinajstić information content (AvgIpc) is 3.44. The zero-order chi connectivity index (χ0) is 39.0. The summed E-state index contributed by atoms with van der Waals surface area (Å²) in [6.07, 6.45) is -0.526. The standard InChI is InChI=1S/C41H36Cl2F4N6O3/c1-20-26-16-31(30-15-24(18-52(30)40(54)21-9-10-21)56-32-8-4-12-49-39(32)55-19-41(45,46)47)53(37-23-14-29(37)50-17-23)38(26)27-13-22(5-3-11-48)33(35(44)36(27)51-20)25-6-2-7-28(42)34(25)43/h2,4,6-8,12-13,16,21,23-24,29-30,37,50H,3,5,9-10,14-15,17-19H2,1H3. The number of alkyl halides is 3. The molecule has 0 radical (unpaired) electrons. The number of aryl methyl sites for hydroxylation is 2. The second-order valence-electron chi connectivity index (χ2n) is 15.2. The Kier molecular flexibility index (Phi) is 9.29. The number of pyridine rings is 2. The molecule has 5 fully saturated rings. The minimum atomic E-state index is -4.57. The first kappa shape index (κ1) is 37.0. The number of hydrogen-bond acceptors (Lipinski definition) is 7. The van der Waals surface area contributed by atoms with Gasteiger partial charge in [0.1, 0.15) is 11.6 Å². The van der Waals surface area contributed by atoms with E-state index in [1.54, 1.807) is 24.3 Å². The van der Waals surface area contributed by atoms with Crippen molar-refractivity contribution >= 4 is 50.9 Å². The van der Waals surface area contributed by atoms with Crippen LogP contribution in [0.4, 0.5) is 17.6 Å². The maximum atomic E-state index is 17.2. The SMILES string of the molecule is Cc1nc2c(F)c(-c3cccc(Cl)c3Cl)c(CCC#N)cc2c2c1cc(C1CC(Oc3cccnc3OCC(F)(F)F)CN1C(=O)C1CC1)n2C1C2CNC1C2. The Morgan fingerprint density at radius 1 is 1.12 bits per heavy atom. The van der Waals surface area contributed by atoms with E-state index in [1.807, 2.05) is 17.9 Å². The first-order valence-electron chi connectivity index (χ1n) is 18.7. The number of fused-ring (bicyclic) bond motifs is 4. The molecule has 1 amide bonds. The predicted molar refractivity (Wildman–Crippen MR) is 202 cm³/mol. The van der Waals surface area contributed by atoms with Crippen molar-refractivity contribution in [3.8, 4) is 28.8 Å². The number of carbonyl (C=O) groups is 1. The number of nitrogens with one attached hydrogen (secondary N) is 1. The van der Waals surface area contributed by atoms with Gasteiger partial charge in [0.15, 0.2) is 18.2 Å². The Morgan fingerprint density at radius 3 is 2.66 bits per heavy atom. The van der Waals surface area contributed by atoms with Gasteiger partial charge >= 0.3 is 6.18 Å². The Morgan fingerprint density at radius 2 is 1.95 bits per heavy atom. The molecular formula is C41H36Cl2F4N6O3. The van der Waals surface area contributed by atoms with E-state index < -0.39 is 30.7 Å². The maximum Gasteiger partial charge on any atom is 0.422 e. The monoisotopic (exact) mass is 806 g/mol. The van der Waals surface area contributed by atoms with Crippen molar-refractivity contribution in [2.75, 3.05) is 19.7 Å². The van der Waals surface area contributed by atoms with Gasteiger partial charge in [-0.05, 0) is 74.4 Å². The first-order valence-corrected chi connectivity index (χ1v) is 19.5. The molecule has 10 rings (SSSR count). The van der Waals surface area contributed by atoms with Gasteiger partial charge in [-0.3, -0.25) is 4.79 Å². The second kappa shape index (κ2) is 14.1. The third-order valence-electron chi connectivity index (χ3n) is 11.6. The lowest BCUT2D eigenvalue weighted by Gasteiger charge is -2.39. The fourth-order valence-electron chi connectivity index (χ4n) is 8.97. The van der Waals surface area contributed by atoms with Crippen LogP contribution in [-0.2, 0) is 11.2 Å². The number of amides is 1. The van der Waals surface area contributed by atoms with E-state index in [0.29, 0.717) is 34.5 Å². The minimum Gasteiger partial charge on any atom is -0.483 e. The molecular weight excluding hydrogens is 771 g/mol. The predicted octanol–water partition coefficient (Wildman–Crippen LogP) is 9.07. The van der Waals surface area contributed by atoms with Crippen molar-refractivity contribution in [1.82, 2.24) is 24.8 Å². The Balaban J connectivity index is 1.21. The lowest BCUT2D eigenvalue weighted by molar-refractivity contribution is -0.154. The topological polar surface area (TPSA) is 105 Å². The summed E-state index contributed by atoms with van der Waals surface area (Å²) >= 11 is 13.1. The van der Waals surface area contributed by atoms with Crippen molar-refractivity contribution < 1.29 is 31.8 Å². The Hall–Kier alpha value is -4.64. The molecule has 5 atom stereocenters. The fraction of sp³-hybridized carbons (Fsp3) is 0.415. The summed E-state index contributed by atoms with van der Waals surface area (Å²) in [5.41, 5.74) is 3.68. The number of aromatic nitrogens is 3. The number of benzene rings is 2. The highest BCUT2D eigenvalue weighted by Crippen LogP contribution is 2.51. The van der Waals surface area contributed by atoms with E-state index in [2.05, 4.69) is 27.0 Å². The van der Waals surface area contributed by atoms with Crippen LogP contribution >= 0.6 is 23.2 Å². The number of ether oxygens (including phenoxy) is 2. The van der Waals surface area contributed by atoms with Crippen molar-refractivity contribution in [3.63, 3.8) is 0 Å². The van der Waals surface area contributed by atoms with E-state index in [4.69, 9.17) is 37.7 Å². The van der Waals surface area contributed by atoms with Gasteiger partial charge in [0.2, 0.25) is 5.91 Å². The molecule has 3 aliphatic heterocycles. The summed E-state index contributed by atoms with van der Waals surface area (Å²) in [4.78, 5) is 24.8. The zero-order valence-electron chi connectivity index (χ0n) is 30.2. The van der Waals surface area contributed by atoms with Gasteiger partial charge in [0.05, 0.1) is 40.3 Å². The van der Waals surface area contributed by atoms with Crippen molar-refractivity contribution in [2.45, 2.75) is 75.9 Å². The fourth-order valence-corrected chi connectivity index (χ4v) is 9.37. The first-order chi connectivity index (χ1) is 26.9. The number of hydrogen-bond donors (Lipinski definition) is 1. The molecule has 290 valence electrons. The second-order valence-corrected chi connectivity index (χ2v) is 16.0. The number of halogens is 6. The molecule has 0 spiro atoms. The van der Waals surface area contributed by atoms with Gasteiger partial charge in [0, 0.05) is 70.8 Å². The third-order valence-corrected chi connectivity index (χ3v) is 12.5. The smallest absolute Gasteiger partial charge is 0.422 e. The van der Waals surface area contributed by atoms with Crippen LogP contribution in [0.2, 0.25) is 10.0 Å². The molecule has 5 aromatic rings. The van der Waals surface area contributed by atoms with Crippen LogP contribution in [-0.4, -0.2) is 63.4 Å². The quantitative estimate of drug-likeness (QED) is 0.141. The summed E-state index contributed by atoms with van der Waals surface area (Å²) < 4.78 is 70.1. The van der Waals surface area contributed by atoms with E-state index in [0.717, 1.165) is 42.4 Å². The molecule has 3 saturated heterocycles. The van der Waals surface area contributed by atoms with E-state index >= 15 is 4.39 Å². The van der Waals surface area contributed by atoms with Gasteiger partial charge in [-0.15, -0.1) is 0 Å². The molecule has 3 aromatic heterocycles. The Labute approximate surface area is 329 Å². The largest absolute Gasteiger partial charge is 0.483 e. The van der Waals surface area contributed by atoms with Crippen molar-refractivity contribution in [1.29, 1.82) is 5.26 Å². The number of rotatable bonds is 10. The highest BCUT2D eigenvalue weighted by atomic mass is 35.5. The number of likely N-dealkylation sites (tertiary alicyclic amines) is 1. The number of carbonyl (C=O) groups excluding carboxylic acids is 1. The maximum absolute atomic E-state index is 17.2. The molecule has 9 nitrogen and oxygen atoms in total. The van der Waals surface area contributed by atoms with Gasteiger partial charge in [-0.2, -0.15) is 18.4 Å². The molecule has 1 N–H and O–H groups in total. The van der Waals surface area contributed by atoms with Gasteiger partial charge in [-0.1, -0.05) is 35.3 Å². The van der Waals surface area contributed by atoms with Crippen molar-refractivity contribution in [3.05, 3.63) is 81.5 Å². The van der Waals surface area contributed by atoms with Crippen LogP contribution in [0.3, 0.4) is 0 Å². The van der Waals surface area contributed by atoms with Crippen LogP contribution in [0.25, 0.3) is 32.9 Å².